The zero-order valence-electron chi connectivity index (χ0n) is 9.26. The fraction of sp³-hybridized carbons (Fsp3) is 0.231. The number of benzene rings is 1. The highest BCUT2D eigenvalue weighted by atomic mass is 79.9. The largest absolute Gasteiger partial charge is 0.361 e. The minimum absolute atomic E-state index is 0.0144. The molecule has 0 bridgehead atoms. The third-order valence-electron chi connectivity index (χ3n) is 2.64. The van der Waals surface area contributed by atoms with Crippen LogP contribution in [0.1, 0.15) is 24.9 Å². The van der Waals surface area contributed by atoms with Crippen molar-refractivity contribution >= 4 is 26.8 Å². The van der Waals surface area contributed by atoms with E-state index in [1.54, 1.807) is 0 Å². The summed E-state index contributed by atoms with van der Waals surface area (Å²) in [5, 5.41) is 1.18. The van der Waals surface area contributed by atoms with Gasteiger partial charge in [0, 0.05) is 27.6 Å². The summed E-state index contributed by atoms with van der Waals surface area (Å²) in [6.45, 7) is 5.91. The van der Waals surface area contributed by atoms with E-state index < -0.39 is 0 Å². The maximum atomic E-state index is 6.16. The summed E-state index contributed by atoms with van der Waals surface area (Å²) in [6.07, 6.45) is 2.81. The van der Waals surface area contributed by atoms with Gasteiger partial charge in [0.25, 0.3) is 0 Å². The highest BCUT2D eigenvalue weighted by molar-refractivity contribution is 9.10. The molecule has 1 atom stereocenters. The Kier molecular flexibility index (Phi) is 3.17. The molecule has 1 aromatic heterocycles. The predicted octanol–water partition coefficient (Wildman–Crippen LogP) is 3.90. The van der Waals surface area contributed by atoms with Crippen LogP contribution in [-0.4, -0.2) is 4.98 Å². The van der Waals surface area contributed by atoms with Gasteiger partial charge in [-0.05, 0) is 37.1 Å². The smallest absolute Gasteiger partial charge is 0.0458 e. The van der Waals surface area contributed by atoms with Crippen LogP contribution in [-0.2, 0) is 0 Å². The molecule has 0 saturated heterocycles. The molecule has 0 aliphatic heterocycles. The number of hydrogen-bond donors (Lipinski definition) is 2. The van der Waals surface area contributed by atoms with Crippen LogP contribution in [0.3, 0.4) is 0 Å². The Hall–Kier alpha value is -1.06. The SMILES string of the molecule is C=C(C)C[C@@H](N)c1c[nH]c2ccc(Br)cc12. The van der Waals surface area contributed by atoms with Gasteiger partial charge in [-0.2, -0.15) is 0 Å². The van der Waals surface area contributed by atoms with Crippen molar-refractivity contribution in [2.24, 2.45) is 5.73 Å². The molecule has 0 amide bonds. The van der Waals surface area contributed by atoms with Crippen LogP contribution in [0.15, 0.2) is 41.0 Å². The van der Waals surface area contributed by atoms with Crippen LogP contribution in [0.4, 0.5) is 0 Å². The van der Waals surface area contributed by atoms with Gasteiger partial charge < -0.3 is 10.7 Å². The Bertz CT molecular complexity index is 528. The van der Waals surface area contributed by atoms with E-state index in [9.17, 15) is 0 Å². The second-order valence-corrected chi connectivity index (χ2v) is 5.12. The standard InChI is InChI=1S/C13H15BrN2/c1-8(2)5-12(15)11-7-16-13-4-3-9(14)6-10(11)13/h3-4,6-7,12,16H,1,5,15H2,2H3/t12-/m1/s1. The molecule has 0 saturated carbocycles. The molecular weight excluding hydrogens is 264 g/mol. The number of H-pyrrole nitrogens is 1. The quantitative estimate of drug-likeness (QED) is 0.822. The Labute approximate surface area is 104 Å². The average molecular weight is 279 g/mol. The van der Waals surface area contributed by atoms with Crippen molar-refractivity contribution in [2.45, 2.75) is 19.4 Å². The van der Waals surface area contributed by atoms with Crippen molar-refractivity contribution in [3.63, 3.8) is 0 Å². The van der Waals surface area contributed by atoms with Gasteiger partial charge in [-0.25, -0.2) is 0 Å². The van der Waals surface area contributed by atoms with E-state index in [2.05, 4.69) is 39.6 Å². The van der Waals surface area contributed by atoms with Gasteiger partial charge in [-0.3, -0.25) is 0 Å². The molecule has 0 spiro atoms. The number of aromatic amines is 1. The number of nitrogens with two attached hydrogens (primary N) is 1. The molecule has 3 heteroatoms. The highest BCUT2D eigenvalue weighted by Crippen LogP contribution is 2.28. The Balaban J connectivity index is 2.44. The molecule has 3 N–H and O–H groups in total. The van der Waals surface area contributed by atoms with Gasteiger partial charge >= 0.3 is 0 Å². The van der Waals surface area contributed by atoms with E-state index in [1.165, 1.54) is 5.39 Å². The number of halogens is 1. The monoisotopic (exact) mass is 278 g/mol. The molecule has 0 fully saturated rings. The van der Waals surface area contributed by atoms with Crippen molar-refractivity contribution in [3.05, 3.63) is 46.6 Å². The average Bonchev–Trinajstić information content (AvgIpc) is 2.59. The van der Waals surface area contributed by atoms with Crippen LogP contribution in [0.25, 0.3) is 10.9 Å². The molecule has 1 heterocycles. The first-order valence-electron chi connectivity index (χ1n) is 5.24. The lowest BCUT2D eigenvalue weighted by molar-refractivity contribution is 0.723. The van der Waals surface area contributed by atoms with Gasteiger partial charge in [-0.1, -0.05) is 21.5 Å². The fourth-order valence-corrected chi connectivity index (χ4v) is 2.27. The number of nitrogens with one attached hydrogen (secondary N) is 1. The third kappa shape index (κ3) is 2.20. The molecule has 2 rings (SSSR count). The topological polar surface area (TPSA) is 41.8 Å². The fourth-order valence-electron chi connectivity index (χ4n) is 1.91. The first-order valence-corrected chi connectivity index (χ1v) is 6.03. The van der Waals surface area contributed by atoms with Crippen LogP contribution >= 0.6 is 15.9 Å². The summed E-state index contributed by atoms with van der Waals surface area (Å²) in [5.74, 6) is 0. The van der Waals surface area contributed by atoms with E-state index in [1.807, 2.05) is 19.2 Å². The summed E-state index contributed by atoms with van der Waals surface area (Å²) in [4.78, 5) is 3.24. The summed E-state index contributed by atoms with van der Waals surface area (Å²) < 4.78 is 1.07. The van der Waals surface area contributed by atoms with Gasteiger partial charge in [0.1, 0.15) is 0 Å². The van der Waals surface area contributed by atoms with Gasteiger partial charge in [0.15, 0.2) is 0 Å². The third-order valence-corrected chi connectivity index (χ3v) is 3.14. The molecule has 1 aromatic carbocycles. The van der Waals surface area contributed by atoms with E-state index in [4.69, 9.17) is 5.73 Å². The lowest BCUT2D eigenvalue weighted by atomic mass is 10.0. The molecule has 2 aromatic rings. The predicted molar refractivity (Wildman–Crippen MR) is 72.4 cm³/mol. The van der Waals surface area contributed by atoms with Crippen LogP contribution in [0, 0.1) is 0 Å². The lowest BCUT2D eigenvalue weighted by Gasteiger charge is -2.10. The molecule has 0 radical (unpaired) electrons. The Morgan fingerprint density at radius 1 is 1.56 bits per heavy atom. The molecule has 84 valence electrons. The highest BCUT2D eigenvalue weighted by Gasteiger charge is 2.11. The maximum absolute atomic E-state index is 6.16. The number of fused-ring (bicyclic) bond motifs is 1. The molecule has 0 aliphatic carbocycles. The summed E-state index contributed by atoms with van der Waals surface area (Å²) in [5.41, 5.74) is 9.54. The molecule has 16 heavy (non-hydrogen) atoms. The van der Waals surface area contributed by atoms with Crippen molar-refractivity contribution in [1.82, 2.24) is 4.98 Å². The van der Waals surface area contributed by atoms with E-state index in [0.717, 1.165) is 27.5 Å². The Morgan fingerprint density at radius 3 is 3.00 bits per heavy atom. The van der Waals surface area contributed by atoms with E-state index >= 15 is 0 Å². The van der Waals surface area contributed by atoms with E-state index in [0.29, 0.717) is 0 Å². The maximum Gasteiger partial charge on any atom is 0.0458 e. The van der Waals surface area contributed by atoms with Crippen molar-refractivity contribution in [2.75, 3.05) is 0 Å². The zero-order chi connectivity index (χ0) is 11.7. The van der Waals surface area contributed by atoms with Crippen molar-refractivity contribution in [3.8, 4) is 0 Å². The van der Waals surface area contributed by atoms with Gasteiger partial charge in [0.05, 0.1) is 0 Å². The van der Waals surface area contributed by atoms with Crippen LogP contribution in [0.2, 0.25) is 0 Å². The van der Waals surface area contributed by atoms with Crippen molar-refractivity contribution < 1.29 is 0 Å². The minimum atomic E-state index is 0.0144. The van der Waals surface area contributed by atoms with E-state index in [-0.39, 0.29) is 6.04 Å². The molecule has 2 nitrogen and oxygen atoms in total. The van der Waals surface area contributed by atoms with Crippen LogP contribution in [0.5, 0.6) is 0 Å². The van der Waals surface area contributed by atoms with Gasteiger partial charge in [0.2, 0.25) is 0 Å². The minimum Gasteiger partial charge on any atom is -0.361 e. The first kappa shape index (κ1) is 11.4. The molecular formula is C13H15BrN2. The second kappa shape index (κ2) is 4.44. The summed E-state index contributed by atoms with van der Waals surface area (Å²) in [7, 11) is 0. The number of rotatable bonds is 3. The summed E-state index contributed by atoms with van der Waals surface area (Å²) in [6, 6.07) is 6.18. The molecule has 0 unspecified atom stereocenters. The van der Waals surface area contributed by atoms with Crippen LogP contribution < -0.4 is 5.73 Å². The normalized spacial score (nSPS) is 12.9. The molecule has 0 aliphatic rings. The first-order chi connectivity index (χ1) is 7.58. The number of hydrogen-bond acceptors (Lipinski definition) is 1. The lowest BCUT2D eigenvalue weighted by Crippen LogP contribution is -2.09. The number of aromatic nitrogens is 1. The van der Waals surface area contributed by atoms with Crippen molar-refractivity contribution in [1.29, 1.82) is 0 Å². The van der Waals surface area contributed by atoms with Gasteiger partial charge in [-0.15, -0.1) is 6.58 Å². The Morgan fingerprint density at radius 2 is 2.31 bits per heavy atom. The summed E-state index contributed by atoms with van der Waals surface area (Å²) >= 11 is 3.48. The zero-order valence-corrected chi connectivity index (χ0v) is 10.8. The second-order valence-electron chi connectivity index (χ2n) is 4.20.